The Balaban J connectivity index is 1.87. The van der Waals surface area contributed by atoms with Crippen molar-refractivity contribution in [2.75, 3.05) is 5.32 Å². The van der Waals surface area contributed by atoms with Gasteiger partial charge in [-0.05, 0) is 24.3 Å². The number of nitrogens with one attached hydrogen (secondary N) is 1. The summed E-state index contributed by atoms with van der Waals surface area (Å²) in [5.41, 5.74) is 0.436. The maximum Gasteiger partial charge on any atom is 0.270 e. The fourth-order valence-electron chi connectivity index (χ4n) is 1.92. The van der Waals surface area contributed by atoms with Crippen LogP contribution in [-0.2, 0) is 0 Å². The number of amides is 1. The van der Waals surface area contributed by atoms with E-state index in [4.69, 9.17) is 11.6 Å². The van der Waals surface area contributed by atoms with Crippen LogP contribution in [0.25, 0.3) is 10.2 Å². The predicted molar refractivity (Wildman–Crippen MR) is 85.6 cm³/mol. The van der Waals surface area contributed by atoms with Crippen LogP contribution >= 0.6 is 22.9 Å². The van der Waals surface area contributed by atoms with Gasteiger partial charge in [-0.3, -0.25) is 20.2 Å². The van der Waals surface area contributed by atoms with Gasteiger partial charge in [-0.2, -0.15) is 0 Å². The van der Waals surface area contributed by atoms with Gasteiger partial charge in [-0.1, -0.05) is 22.9 Å². The molecule has 1 N–H and O–H groups in total. The molecule has 0 atom stereocenters. The maximum absolute atomic E-state index is 13.1. The summed E-state index contributed by atoms with van der Waals surface area (Å²) in [6.45, 7) is 0. The van der Waals surface area contributed by atoms with Crippen LogP contribution in [0, 0.1) is 15.9 Å². The molecule has 0 saturated heterocycles. The molecular formula is C14H7ClFN3O3S. The fourth-order valence-corrected chi connectivity index (χ4v) is 3.06. The number of aromatic nitrogens is 1. The largest absolute Gasteiger partial charge is 0.298 e. The van der Waals surface area contributed by atoms with Crippen LogP contribution in [0.2, 0.25) is 5.02 Å². The third-order valence-electron chi connectivity index (χ3n) is 2.98. The minimum absolute atomic E-state index is 0.0381. The van der Waals surface area contributed by atoms with Crippen molar-refractivity contribution in [3.05, 3.63) is 62.9 Å². The number of anilines is 1. The molecule has 1 aromatic heterocycles. The van der Waals surface area contributed by atoms with E-state index < -0.39 is 16.6 Å². The van der Waals surface area contributed by atoms with E-state index in [0.717, 1.165) is 17.4 Å². The summed E-state index contributed by atoms with van der Waals surface area (Å²) < 4.78 is 13.7. The van der Waals surface area contributed by atoms with Crippen LogP contribution in [0.3, 0.4) is 0 Å². The number of nitrogens with zero attached hydrogens (tertiary/aromatic N) is 2. The second-order valence-corrected chi connectivity index (χ2v) is 5.94. The summed E-state index contributed by atoms with van der Waals surface area (Å²) in [5, 5.41) is 13.5. The second-order valence-electron chi connectivity index (χ2n) is 4.51. The molecule has 1 amide bonds. The number of nitro benzene ring substituents is 1. The quantitative estimate of drug-likeness (QED) is 0.564. The Kier molecular flexibility index (Phi) is 3.93. The van der Waals surface area contributed by atoms with E-state index in [2.05, 4.69) is 10.3 Å². The number of nitro groups is 1. The highest BCUT2D eigenvalue weighted by Gasteiger charge is 2.16. The first-order valence-corrected chi connectivity index (χ1v) is 7.45. The number of non-ortho nitro benzene ring substituents is 1. The van der Waals surface area contributed by atoms with Crippen molar-refractivity contribution in [2.45, 2.75) is 0 Å². The molecule has 6 nitrogen and oxygen atoms in total. The molecule has 0 spiro atoms. The van der Waals surface area contributed by atoms with Crippen molar-refractivity contribution in [2.24, 2.45) is 0 Å². The minimum Gasteiger partial charge on any atom is -0.298 e. The average molecular weight is 352 g/mol. The normalized spacial score (nSPS) is 10.7. The molecule has 3 aromatic rings. The van der Waals surface area contributed by atoms with E-state index >= 15 is 0 Å². The van der Waals surface area contributed by atoms with Crippen LogP contribution in [0.5, 0.6) is 0 Å². The summed E-state index contributed by atoms with van der Waals surface area (Å²) >= 11 is 7.02. The van der Waals surface area contributed by atoms with E-state index in [1.54, 1.807) is 0 Å². The van der Waals surface area contributed by atoms with Crippen LogP contribution in [-0.4, -0.2) is 15.8 Å². The molecule has 0 radical (unpaired) electrons. The third-order valence-corrected chi connectivity index (χ3v) is 4.23. The van der Waals surface area contributed by atoms with Crippen molar-refractivity contribution in [1.82, 2.24) is 4.98 Å². The third kappa shape index (κ3) is 3.13. The van der Waals surface area contributed by atoms with E-state index in [-0.39, 0.29) is 21.4 Å². The standard InChI is InChI=1S/C14H7ClFN3O3S/c15-10-6-8(19(21)22)2-3-9(10)13(20)18-14-17-11-4-1-7(16)5-12(11)23-14/h1-6H,(H,17,18,20). The number of hydrogen-bond acceptors (Lipinski definition) is 5. The van der Waals surface area contributed by atoms with Crippen molar-refractivity contribution < 1.29 is 14.1 Å². The van der Waals surface area contributed by atoms with Crippen molar-refractivity contribution in [3.8, 4) is 0 Å². The first-order valence-electron chi connectivity index (χ1n) is 6.25. The Labute approximate surface area is 137 Å². The molecule has 23 heavy (non-hydrogen) atoms. The Morgan fingerprint density at radius 2 is 2.09 bits per heavy atom. The number of thiazole rings is 1. The number of carbonyl (C=O) groups is 1. The van der Waals surface area contributed by atoms with E-state index in [1.807, 2.05) is 0 Å². The lowest BCUT2D eigenvalue weighted by Crippen LogP contribution is -2.12. The van der Waals surface area contributed by atoms with Gasteiger partial charge < -0.3 is 0 Å². The Bertz CT molecular complexity index is 944. The zero-order valence-electron chi connectivity index (χ0n) is 11.2. The van der Waals surface area contributed by atoms with Crippen LogP contribution in [0.1, 0.15) is 10.4 Å². The van der Waals surface area contributed by atoms with Crippen molar-refractivity contribution in [3.63, 3.8) is 0 Å². The first-order chi connectivity index (χ1) is 10.9. The Hall–Kier alpha value is -2.58. The highest BCUT2D eigenvalue weighted by atomic mass is 35.5. The maximum atomic E-state index is 13.1. The smallest absolute Gasteiger partial charge is 0.270 e. The molecular weight excluding hydrogens is 345 g/mol. The molecule has 1 heterocycles. The molecule has 9 heteroatoms. The molecule has 3 rings (SSSR count). The van der Waals surface area contributed by atoms with E-state index in [0.29, 0.717) is 10.2 Å². The summed E-state index contributed by atoms with van der Waals surface area (Å²) in [4.78, 5) is 26.4. The Morgan fingerprint density at radius 1 is 1.30 bits per heavy atom. The molecule has 2 aromatic carbocycles. The summed E-state index contributed by atoms with van der Waals surface area (Å²) in [5.74, 6) is -0.943. The zero-order chi connectivity index (χ0) is 16.6. The lowest BCUT2D eigenvalue weighted by molar-refractivity contribution is -0.384. The topological polar surface area (TPSA) is 85.1 Å². The molecule has 0 unspecified atom stereocenters. The number of carbonyl (C=O) groups excluding carboxylic acids is 1. The molecule has 0 aliphatic carbocycles. The van der Waals surface area contributed by atoms with Gasteiger partial charge >= 0.3 is 0 Å². The zero-order valence-corrected chi connectivity index (χ0v) is 12.8. The number of hydrogen-bond donors (Lipinski definition) is 1. The van der Waals surface area contributed by atoms with Gasteiger partial charge in [0, 0.05) is 12.1 Å². The van der Waals surface area contributed by atoms with E-state index in [9.17, 15) is 19.3 Å². The number of rotatable bonds is 3. The van der Waals surface area contributed by atoms with Gasteiger partial charge in [0.15, 0.2) is 5.13 Å². The Morgan fingerprint density at radius 3 is 2.78 bits per heavy atom. The molecule has 116 valence electrons. The van der Waals surface area contributed by atoms with Gasteiger partial charge in [0.1, 0.15) is 5.82 Å². The van der Waals surface area contributed by atoms with Crippen LogP contribution in [0.15, 0.2) is 36.4 Å². The first kappa shape index (κ1) is 15.3. The lowest BCUT2D eigenvalue weighted by Gasteiger charge is -2.03. The minimum atomic E-state index is -0.602. The van der Waals surface area contributed by atoms with Gasteiger partial charge in [0.05, 0.1) is 25.7 Å². The summed E-state index contributed by atoms with van der Waals surface area (Å²) in [6.07, 6.45) is 0. The van der Waals surface area contributed by atoms with Gasteiger partial charge in [0.25, 0.3) is 11.6 Å². The number of benzene rings is 2. The number of halogens is 2. The lowest BCUT2D eigenvalue weighted by atomic mass is 10.2. The molecule has 0 aliphatic rings. The molecule has 0 saturated carbocycles. The predicted octanol–water partition coefficient (Wildman–Crippen LogP) is 4.25. The highest BCUT2D eigenvalue weighted by Crippen LogP contribution is 2.28. The molecule has 0 aliphatic heterocycles. The van der Waals surface area contributed by atoms with Crippen molar-refractivity contribution in [1.29, 1.82) is 0 Å². The molecule has 0 fully saturated rings. The summed E-state index contributed by atoms with van der Waals surface area (Å²) in [7, 11) is 0. The fraction of sp³-hybridized carbons (Fsp3) is 0. The van der Waals surface area contributed by atoms with Gasteiger partial charge in [-0.15, -0.1) is 0 Å². The second kappa shape index (κ2) is 5.90. The molecule has 0 bridgehead atoms. The number of fused-ring (bicyclic) bond motifs is 1. The van der Waals surface area contributed by atoms with E-state index in [1.165, 1.54) is 30.3 Å². The average Bonchev–Trinajstić information content (AvgIpc) is 2.88. The van der Waals surface area contributed by atoms with Crippen molar-refractivity contribution >= 4 is 49.9 Å². The monoisotopic (exact) mass is 351 g/mol. The van der Waals surface area contributed by atoms with Gasteiger partial charge in [-0.25, -0.2) is 9.37 Å². The van der Waals surface area contributed by atoms with Crippen LogP contribution in [0.4, 0.5) is 15.2 Å². The SMILES string of the molecule is O=C(Nc1nc2ccc(F)cc2s1)c1ccc([N+](=O)[O-])cc1Cl. The summed E-state index contributed by atoms with van der Waals surface area (Å²) in [6, 6.07) is 7.67. The highest BCUT2D eigenvalue weighted by molar-refractivity contribution is 7.22. The van der Waals surface area contributed by atoms with Crippen LogP contribution < -0.4 is 5.32 Å². The van der Waals surface area contributed by atoms with Gasteiger partial charge in [0.2, 0.25) is 0 Å².